The summed E-state index contributed by atoms with van der Waals surface area (Å²) in [5, 5.41) is 3.31. The van der Waals surface area contributed by atoms with Gasteiger partial charge in [0.15, 0.2) is 9.84 Å². The van der Waals surface area contributed by atoms with Crippen molar-refractivity contribution < 1.29 is 22.4 Å². The molecule has 6 rings (SSSR count). The molecule has 4 heterocycles. The van der Waals surface area contributed by atoms with E-state index in [4.69, 9.17) is 23.2 Å². The zero-order valence-corrected chi connectivity index (χ0v) is 26.8. The molecule has 0 saturated carbocycles. The number of sulfone groups is 1. The van der Waals surface area contributed by atoms with Gasteiger partial charge in [0.05, 0.1) is 21.8 Å². The highest BCUT2D eigenvalue weighted by atomic mass is 35.5. The lowest BCUT2D eigenvalue weighted by molar-refractivity contribution is -0.110. The Morgan fingerprint density at radius 2 is 1.86 bits per heavy atom. The van der Waals surface area contributed by atoms with Crippen LogP contribution in [0.1, 0.15) is 57.7 Å². The maximum absolute atomic E-state index is 13.8. The number of fused-ring (bicyclic) bond motifs is 1. The number of benzene rings is 2. The predicted octanol–water partition coefficient (Wildman–Crippen LogP) is 6.05. The van der Waals surface area contributed by atoms with Gasteiger partial charge in [-0.05, 0) is 75.1 Å². The van der Waals surface area contributed by atoms with E-state index >= 15 is 0 Å². The summed E-state index contributed by atoms with van der Waals surface area (Å²) < 4.78 is 40.6. The first-order chi connectivity index (χ1) is 20.9. The van der Waals surface area contributed by atoms with Crippen molar-refractivity contribution in [2.75, 3.05) is 31.5 Å². The monoisotopic (exact) mass is 658 g/mol. The fraction of sp³-hybridized carbons (Fsp3) is 0.375. The largest absolute Gasteiger partial charge is 0.358 e. The van der Waals surface area contributed by atoms with E-state index in [1.807, 2.05) is 18.7 Å². The van der Waals surface area contributed by atoms with Crippen molar-refractivity contribution >= 4 is 62.2 Å². The van der Waals surface area contributed by atoms with E-state index in [-0.39, 0.29) is 38.4 Å². The Hall–Kier alpha value is -3.18. The van der Waals surface area contributed by atoms with Crippen molar-refractivity contribution in [3.63, 3.8) is 0 Å². The normalized spacial score (nSPS) is 21.3. The van der Waals surface area contributed by atoms with Gasteiger partial charge in [0.2, 0.25) is 0 Å². The van der Waals surface area contributed by atoms with Crippen LogP contribution in [0.2, 0.25) is 10.0 Å². The maximum Gasteiger partial charge on any atom is 0.256 e. The average molecular weight is 660 g/mol. The van der Waals surface area contributed by atoms with Gasteiger partial charge >= 0.3 is 0 Å². The first kappa shape index (κ1) is 30.8. The number of halogens is 3. The summed E-state index contributed by atoms with van der Waals surface area (Å²) in [4.78, 5) is 34.2. The Morgan fingerprint density at radius 3 is 2.57 bits per heavy atom. The summed E-state index contributed by atoms with van der Waals surface area (Å²) in [5.74, 6) is -0.851. The van der Waals surface area contributed by atoms with Crippen LogP contribution in [-0.2, 0) is 20.4 Å². The number of carbonyl (C=O) groups is 2. The molecule has 0 unspecified atom stereocenters. The number of likely N-dealkylation sites (tertiary alicyclic amines) is 2. The molecule has 3 aliphatic rings. The third kappa shape index (κ3) is 5.80. The van der Waals surface area contributed by atoms with Gasteiger partial charge in [0.1, 0.15) is 6.17 Å². The minimum Gasteiger partial charge on any atom is -0.358 e. The molecule has 0 radical (unpaired) electrons. The zero-order chi connectivity index (χ0) is 31.3. The van der Waals surface area contributed by atoms with Crippen molar-refractivity contribution in [3.05, 3.63) is 80.1 Å². The lowest BCUT2D eigenvalue weighted by Crippen LogP contribution is -2.43. The molecule has 2 saturated heterocycles. The molecule has 0 bridgehead atoms. The molecule has 8 nitrogen and oxygen atoms in total. The molecular weight excluding hydrogens is 626 g/mol. The van der Waals surface area contributed by atoms with Gasteiger partial charge in [-0.15, -0.1) is 0 Å². The van der Waals surface area contributed by atoms with Gasteiger partial charge in [-0.2, -0.15) is 0 Å². The molecule has 12 heteroatoms. The topological polar surface area (TPSA) is 103 Å². The number of nitrogens with zero attached hydrogens (tertiary/aromatic N) is 2. The lowest BCUT2D eigenvalue weighted by atomic mass is 10.0. The lowest BCUT2D eigenvalue weighted by Gasteiger charge is -2.28. The number of alkyl halides is 1. The third-order valence-corrected chi connectivity index (χ3v) is 11.2. The summed E-state index contributed by atoms with van der Waals surface area (Å²) in [5.41, 5.74) is 4.06. The van der Waals surface area contributed by atoms with Gasteiger partial charge < -0.3 is 15.2 Å². The average Bonchev–Trinajstić information content (AvgIpc) is 3.73. The van der Waals surface area contributed by atoms with Crippen molar-refractivity contribution in [3.8, 4) is 0 Å². The SMILES string of the molecule is Cc1[nH]c(/C=C2\C(=O)Nc3ccc(S(=O)(=O)Cc4c(Cl)cccc4Cl)cc32)c(C)c1C(=O)N1CCC[C@H]1CN1CC[C@@H](F)C1. The van der Waals surface area contributed by atoms with Crippen molar-refractivity contribution in [1.29, 1.82) is 0 Å². The van der Waals surface area contributed by atoms with E-state index in [2.05, 4.69) is 15.2 Å². The minimum atomic E-state index is -3.86. The smallest absolute Gasteiger partial charge is 0.256 e. The van der Waals surface area contributed by atoms with Crippen LogP contribution in [0, 0.1) is 13.8 Å². The molecule has 2 fully saturated rings. The van der Waals surface area contributed by atoms with E-state index in [0.29, 0.717) is 71.9 Å². The summed E-state index contributed by atoms with van der Waals surface area (Å²) in [7, 11) is -3.86. The Kier molecular flexibility index (Phi) is 8.38. The number of hydrogen-bond acceptors (Lipinski definition) is 5. The molecule has 0 spiro atoms. The fourth-order valence-electron chi connectivity index (χ4n) is 6.52. The van der Waals surface area contributed by atoms with Gasteiger partial charge in [0.25, 0.3) is 11.8 Å². The van der Waals surface area contributed by atoms with Crippen molar-refractivity contribution in [1.82, 2.24) is 14.8 Å². The summed E-state index contributed by atoms with van der Waals surface area (Å²) >= 11 is 12.5. The van der Waals surface area contributed by atoms with Crippen LogP contribution >= 0.6 is 23.2 Å². The van der Waals surface area contributed by atoms with Gasteiger partial charge in [-0.1, -0.05) is 29.3 Å². The number of amides is 2. The van der Waals surface area contributed by atoms with E-state index in [0.717, 1.165) is 12.8 Å². The van der Waals surface area contributed by atoms with Crippen LogP contribution in [0.5, 0.6) is 0 Å². The number of hydrogen-bond donors (Lipinski definition) is 2. The number of H-pyrrole nitrogens is 1. The predicted molar refractivity (Wildman–Crippen MR) is 171 cm³/mol. The number of anilines is 1. The standard InChI is InChI=1S/C32H33Cl2FN4O4S/c1-18-29(36-19(2)30(18)32(41)39-11-4-5-21(39)16-38-12-10-20(35)15-38)14-24-23-13-22(8-9-28(23)37-31(24)40)44(42,43)17-25-26(33)6-3-7-27(25)34/h3,6-9,13-14,20-21,36H,4-5,10-12,15-17H2,1-2H3,(H,37,40)/b24-14-/t20-,21+/m1/s1. The first-order valence-electron chi connectivity index (χ1n) is 14.6. The summed E-state index contributed by atoms with van der Waals surface area (Å²) in [6, 6.07) is 9.34. The molecule has 3 aromatic rings. The molecule has 2 atom stereocenters. The van der Waals surface area contributed by atoms with E-state index in [1.165, 1.54) is 12.1 Å². The van der Waals surface area contributed by atoms with E-state index in [9.17, 15) is 22.4 Å². The molecule has 3 aliphatic heterocycles. The van der Waals surface area contributed by atoms with Crippen LogP contribution < -0.4 is 5.32 Å². The maximum atomic E-state index is 13.8. The zero-order valence-electron chi connectivity index (χ0n) is 24.4. The highest BCUT2D eigenvalue weighted by Crippen LogP contribution is 2.37. The van der Waals surface area contributed by atoms with Crippen LogP contribution in [0.4, 0.5) is 10.1 Å². The van der Waals surface area contributed by atoms with Gasteiger partial charge in [-0.25, -0.2) is 12.8 Å². The number of rotatable bonds is 7. The molecular formula is C32H33Cl2FN4O4S. The number of nitrogens with one attached hydrogen (secondary N) is 2. The van der Waals surface area contributed by atoms with Crippen LogP contribution in [0.25, 0.3) is 11.6 Å². The van der Waals surface area contributed by atoms with Gasteiger partial charge in [-0.3, -0.25) is 14.5 Å². The van der Waals surface area contributed by atoms with Crippen molar-refractivity contribution in [2.24, 2.45) is 0 Å². The Morgan fingerprint density at radius 1 is 1.11 bits per heavy atom. The van der Waals surface area contributed by atoms with Gasteiger partial charge in [0, 0.05) is 70.5 Å². The van der Waals surface area contributed by atoms with Crippen LogP contribution in [-0.4, -0.2) is 73.4 Å². The second-order valence-electron chi connectivity index (χ2n) is 11.8. The number of aromatic nitrogens is 1. The molecule has 232 valence electrons. The molecule has 2 aromatic carbocycles. The Balaban J connectivity index is 1.28. The quantitative estimate of drug-likeness (QED) is 0.301. The minimum absolute atomic E-state index is 0.0248. The third-order valence-electron chi connectivity index (χ3n) is 8.83. The fourth-order valence-corrected chi connectivity index (χ4v) is 8.64. The molecule has 1 aromatic heterocycles. The Bertz CT molecular complexity index is 1790. The summed E-state index contributed by atoms with van der Waals surface area (Å²) in [6.07, 6.45) is 3.17. The van der Waals surface area contributed by atoms with Crippen LogP contribution in [0.3, 0.4) is 0 Å². The number of aromatic amines is 1. The van der Waals surface area contributed by atoms with E-state index in [1.54, 1.807) is 30.3 Å². The number of carbonyl (C=O) groups excluding carboxylic acids is 2. The van der Waals surface area contributed by atoms with E-state index < -0.39 is 21.8 Å². The highest BCUT2D eigenvalue weighted by Gasteiger charge is 2.35. The molecule has 44 heavy (non-hydrogen) atoms. The molecule has 2 amide bonds. The second kappa shape index (κ2) is 12.0. The van der Waals surface area contributed by atoms with Crippen molar-refractivity contribution in [2.45, 2.75) is 56.0 Å². The summed E-state index contributed by atoms with van der Waals surface area (Å²) in [6.45, 7) is 6.09. The van der Waals surface area contributed by atoms with Crippen LogP contribution in [0.15, 0.2) is 41.3 Å². The highest BCUT2D eigenvalue weighted by molar-refractivity contribution is 7.90. The molecule has 2 N–H and O–H groups in total. The molecule has 0 aliphatic carbocycles. The second-order valence-corrected chi connectivity index (χ2v) is 14.6. The Labute approximate surface area is 266 Å². The number of aryl methyl sites for hydroxylation is 1. The first-order valence-corrected chi connectivity index (χ1v) is 17.0.